The van der Waals surface area contributed by atoms with Gasteiger partial charge in [0, 0.05) is 64.5 Å². The van der Waals surface area contributed by atoms with E-state index in [-0.39, 0.29) is 11.8 Å². The molecule has 0 radical (unpaired) electrons. The summed E-state index contributed by atoms with van der Waals surface area (Å²) in [5.74, 6) is -0.318. The molecule has 7 nitrogen and oxygen atoms in total. The number of pyridine rings is 1. The molecule has 1 aromatic heterocycles. The molecule has 1 aliphatic rings. The van der Waals surface area contributed by atoms with Crippen LogP contribution < -0.4 is 10.2 Å². The highest BCUT2D eigenvalue weighted by molar-refractivity contribution is 5.99. The summed E-state index contributed by atoms with van der Waals surface area (Å²) < 4.78 is 4.97. The first-order chi connectivity index (χ1) is 13.7. The Hall–Kier alpha value is -2.93. The number of piperazine rings is 1. The first-order valence-electron chi connectivity index (χ1n) is 9.50. The zero-order valence-electron chi connectivity index (χ0n) is 16.1. The Balaban J connectivity index is 1.57. The monoisotopic (exact) mass is 382 g/mol. The summed E-state index contributed by atoms with van der Waals surface area (Å²) in [5.41, 5.74) is 2.01. The molecule has 1 saturated heterocycles. The lowest BCUT2D eigenvalue weighted by atomic mass is 10.1. The average Bonchev–Trinajstić information content (AvgIpc) is 2.77. The van der Waals surface area contributed by atoms with Gasteiger partial charge in [-0.3, -0.25) is 14.6 Å². The maximum Gasteiger partial charge on any atom is 0.255 e. The molecule has 0 aliphatic carbocycles. The fraction of sp³-hybridized carbons (Fsp3) is 0.381. The second-order valence-electron chi connectivity index (χ2n) is 6.68. The van der Waals surface area contributed by atoms with Gasteiger partial charge in [0.2, 0.25) is 0 Å². The Bertz CT molecular complexity index is 789. The minimum absolute atomic E-state index is 0.0887. The number of aromatic nitrogens is 1. The molecule has 7 heteroatoms. The molecule has 1 N–H and O–H groups in total. The highest BCUT2D eigenvalue weighted by Crippen LogP contribution is 2.17. The van der Waals surface area contributed by atoms with E-state index in [1.807, 2.05) is 23.1 Å². The smallest absolute Gasteiger partial charge is 0.255 e. The Morgan fingerprint density at radius 3 is 2.50 bits per heavy atom. The summed E-state index contributed by atoms with van der Waals surface area (Å²) in [5, 5.41) is 2.81. The minimum Gasteiger partial charge on any atom is -0.385 e. The van der Waals surface area contributed by atoms with Crippen molar-refractivity contribution in [3.63, 3.8) is 0 Å². The van der Waals surface area contributed by atoms with Crippen molar-refractivity contribution in [2.24, 2.45) is 0 Å². The molecule has 0 atom stereocenters. The van der Waals surface area contributed by atoms with Crippen LogP contribution in [0.2, 0.25) is 0 Å². The highest BCUT2D eigenvalue weighted by atomic mass is 16.5. The SMILES string of the molecule is COCCCNC(=O)c1cncc(C(=O)N2CCN(c3ccccc3)CC2)c1. The van der Waals surface area contributed by atoms with E-state index in [1.54, 1.807) is 13.2 Å². The van der Waals surface area contributed by atoms with Gasteiger partial charge in [0.25, 0.3) is 11.8 Å². The Kier molecular flexibility index (Phi) is 6.97. The first kappa shape index (κ1) is 19.8. The van der Waals surface area contributed by atoms with Gasteiger partial charge in [0.15, 0.2) is 0 Å². The van der Waals surface area contributed by atoms with E-state index in [1.165, 1.54) is 18.1 Å². The van der Waals surface area contributed by atoms with Gasteiger partial charge in [-0.25, -0.2) is 0 Å². The molecule has 148 valence electrons. The minimum atomic E-state index is -0.229. The Morgan fingerprint density at radius 1 is 1.07 bits per heavy atom. The van der Waals surface area contributed by atoms with E-state index in [0.717, 1.165) is 19.5 Å². The van der Waals surface area contributed by atoms with E-state index in [4.69, 9.17) is 4.74 Å². The van der Waals surface area contributed by atoms with E-state index in [2.05, 4.69) is 27.3 Å². The number of hydrogen-bond donors (Lipinski definition) is 1. The van der Waals surface area contributed by atoms with E-state index in [9.17, 15) is 9.59 Å². The van der Waals surface area contributed by atoms with Gasteiger partial charge in [0.1, 0.15) is 0 Å². The zero-order valence-corrected chi connectivity index (χ0v) is 16.1. The number of ether oxygens (including phenoxy) is 1. The van der Waals surface area contributed by atoms with Gasteiger partial charge in [-0.05, 0) is 24.6 Å². The van der Waals surface area contributed by atoms with E-state index >= 15 is 0 Å². The number of methoxy groups -OCH3 is 1. The van der Waals surface area contributed by atoms with Crippen LogP contribution in [0, 0.1) is 0 Å². The summed E-state index contributed by atoms with van der Waals surface area (Å²) in [7, 11) is 1.63. The summed E-state index contributed by atoms with van der Waals surface area (Å²) >= 11 is 0. The van der Waals surface area contributed by atoms with E-state index < -0.39 is 0 Å². The quantitative estimate of drug-likeness (QED) is 0.740. The topological polar surface area (TPSA) is 74.8 Å². The maximum atomic E-state index is 12.8. The molecule has 0 unspecified atom stereocenters. The van der Waals surface area contributed by atoms with Crippen molar-refractivity contribution >= 4 is 17.5 Å². The molecule has 0 spiro atoms. The molecule has 0 bridgehead atoms. The number of para-hydroxylation sites is 1. The lowest BCUT2D eigenvalue weighted by molar-refractivity contribution is 0.0746. The molecule has 1 fully saturated rings. The predicted octanol–water partition coefficient (Wildman–Crippen LogP) is 1.81. The number of carbonyl (C=O) groups excluding carboxylic acids is 2. The van der Waals surface area contributed by atoms with Crippen LogP contribution in [-0.4, -0.2) is 68.1 Å². The summed E-state index contributed by atoms with van der Waals surface area (Å²) in [6, 6.07) is 11.8. The number of carbonyl (C=O) groups is 2. The van der Waals surface area contributed by atoms with Crippen molar-refractivity contribution in [3.8, 4) is 0 Å². The van der Waals surface area contributed by atoms with Crippen LogP contribution in [0.3, 0.4) is 0 Å². The average molecular weight is 382 g/mol. The zero-order chi connectivity index (χ0) is 19.8. The third-order valence-corrected chi connectivity index (χ3v) is 4.75. The van der Waals surface area contributed by atoms with Crippen molar-refractivity contribution in [3.05, 3.63) is 59.9 Å². The third kappa shape index (κ3) is 5.07. The van der Waals surface area contributed by atoms with Gasteiger partial charge in [-0.1, -0.05) is 18.2 Å². The molecule has 1 aliphatic heterocycles. The van der Waals surface area contributed by atoms with Crippen LogP contribution in [0.4, 0.5) is 5.69 Å². The normalized spacial score (nSPS) is 14.0. The largest absolute Gasteiger partial charge is 0.385 e. The van der Waals surface area contributed by atoms with Crippen molar-refractivity contribution in [2.75, 3.05) is 51.3 Å². The van der Waals surface area contributed by atoms with Crippen molar-refractivity contribution in [1.29, 1.82) is 0 Å². The number of nitrogens with one attached hydrogen (secondary N) is 1. The van der Waals surface area contributed by atoms with Crippen LogP contribution in [0.15, 0.2) is 48.8 Å². The number of rotatable bonds is 7. The highest BCUT2D eigenvalue weighted by Gasteiger charge is 2.23. The van der Waals surface area contributed by atoms with Crippen LogP contribution >= 0.6 is 0 Å². The van der Waals surface area contributed by atoms with Crippen molar-refractivity contribution in [1.82, 2.24) is 15.2 Å². The molecular formula is C21H26N4O3. The fourth-order valence-electron chi connectivity index (χ4n) is 3.19. The predicted molar refractivity (Wildman–Crippen MR) is 108 cm³/mol. The molecule has 2 amide bonds. The van der Waals surface area contributed by atoms with Crippen molar-refractivity contribution in [2.45, 2.75) is 6.42 Å². The van der Waals surface area contributed by atoms with Crippen LogP contribution in [0.25, 0.3) is 0 Å². The number of hydrogen-bond acceptors (Lipinski definition) is 5. The molecule has 3 rings (SSSR count). The number of nitrogens with zero attached hydrogens (tertiary/aromatic N) is 3. The lowest BCUT2D eigenvalue weighted by Crippen LogP contribution is -2.48. The van der Waals surface area contributed by atoms with Crippen LogP contribution in [0.5, 0.6) is 0 Å². The molecular weight excluding hydrogens is 356 g/mol. The molecule has 1 aromatic carbocycles. The van der Waals surface area contributed by atoms with Gasteiger partial charge >= 0.3 is 0 Å². The second kappa shape index (κ2) is 9.85. The Labute approximate surface area is 165 Å². The number of amides is 2. The molecule has 28 heavy (non-hydrogen) atoms. The molecule has 0 saturated carbocycles. The lowest BCUT2D eigenvalue weighted by Gasteiger charge is -2.36. The van der Waals surface area contributed by atoms with Gasteiger partial charge < -0.3 is 19.9 Å². The van der Waals surface area contributed by atoms with Gasteiger partial charge in [0.05, 0.1) is 11.1 Å². The van der Waals surface area contributed by atoms with E-state index in [0.29, 0.717) is 37.4 Å². The molecule has 2 heterocycles. The number of benzene rings is 1. The first-order valence-corrected chi connectivity index (χ1v) is 9.50. The third-order valence-electron chi connectivity index (χ3n) is 4.75. The summed E-state index contributed by atoms with van der Waals surface area (Å²) in [6.45, 7) is 3.95. The second-order valence-corrected chi connectivity index (χ2v) is 6.68. The fourth-order valence-corrected chi connectivity index (χ4v) is 3.19. The van der Waals surface area contributed by atoms with Crippen molar-refractivity contribution < 1.29 is 14.3 Å². The van der Waals surface area contributed by atoms with Gasteiger partial charge in [-0.2, -0.15) is 0 Å². The summed E-state index contributed by atoms with van der Waals surface area (Å²) in [4.78, 5) is 33.2. The van der Waals surface area contributed by atoms with Crippen LogP contribution in [0.1, 0.15) is 27.1 Å². The summed E-state index contributed by atoms with van der Waals surface area (Å²) in [6.07, 6.45) is 3.74. The standard InChI is InChI=1S/C21H26N4O3/c1-28-13-5-8-23-20(26)17-14-18(16-22-15-17)21(27)25-11-9-24(10-12-25)19-6-3-2-4-7-19/h2-4,6-7,14-16H,5,8-13H2,1H3,(H,23,26). The maximum absolute atomic E-state index is 12.8. The van der Waals surface area contributed by atoms with Crippen LogP contribution in [-0.2, 0) is 4.74 Å². The van der Waals surface area contributed by atoms with Gasteiger partial charge in [-0.15, -0.1) is 0 Å². The molecule has 2 aromatic rings. The number of anilines is 1. The Morgan fingerprint density at radius 2 is 1.79 bits per heavy atom.